The molecule has 8 heteroatoms. The Morgan fingerprint density at radius 3 is 2.27 bits per heavy atom. The standard InChI is InChI=1S/C18H18FN5O2/c19-13-2-4-14(5-3-13)24-16(25)12-15(17(24)26)22-8-10-23(11-9-22)18-20-6-1-7-21-18/h1-7,15H,8-12H2/t15-/m1/s1. The summed E-state index contributed by atoms with van der Waals surface area (Å²) in [5.41, 5.74) is 0.417. The number of anilines is 2. The van der Waals surface area contributed by atoms with E-state index in [-0.39, 0.29) is 18.2 Å². The number of imide groups is 1. The second kappa shape index (κ2) is 6.80. The second-order valence-corrected chi connectivity index (χ2v) is 6.34. The maximum Gasteiger partial charge on any atom is 0.251 e. The molecule has 2 saturated heterocycles. The van der Waals surface area contributed by atoms with E-state index in [4.69, 9.17) is 0 Å². The Hall–Kier alpha value is -2.87. The number of nitrogens with zero attached hydrogens (tertiary/aromatic N) is 5. The van der Waals surface area contributed by atoms with Crippen molar-refractivity contribution in [2.75, 3.05) is 36.0 Å². The van der Waals surface area contributed by atoms with Crippen molar-refractivity contribution >= 4 is 23.5 Å². The zero-order valence-electron chi connectivity index (χ0n) is 14.1. The molecule has 26 heavy (non-hydrogen) atoms. The first-order chi connectivity index (χ1) is 12.6. The first-order valence-electron chi connectivity index (χ1n) is 8.52. The van der Waals surface area contributed by atoms with E-state index in [0.717, 1.165) is 4.90 Å². The fourth-order valence-corrected chi connectivity index (χ4v) is 3.45. The molecule has 2 aliphatic heterocycles. The van der Waals surface area contributed by atoms with Crippen LogP contribution < -0.4 is 9.80 Å². The van der Waals surface area contributed by atoms with Crippen molar-refractivity contribution in [3.8, 4) is 0 Å². The van der Waals surface area contributed by atoms with Gasteiger partial charge in [-0.1, -0.05) is 0 Å². The van der Waals surface area contributed by atoms with Gasteiger partial charge in [-0.15, -0.1) is 0 Å². The fraction of sp³-hybridized carbons (Fsp3) is 0.333. The number of carbonyl (C=O) groups excluding carboxylic acids is 2. The Morgan fingerprint density at radius 2 is 1.62 bits per heavy atom. The van der Waals surface area contributed by atoms with Gasteiger partial charge in [0.15, 0.2) is 0 Å². The molecule has 134 valence electrons. The van der Waals surface area contributed by atoms with Crippen LogP contribution in [0, 0.1) is 5.82 Å². The molecule has 1 atom stereocenters. The lowest BCUT2D eigenvalue weighted by molar-refractivity contribution is -0.123. The minimum atomic E-state index is -0.466. The van der Waals surface area contributed by atoms with Crippen LogP contribution in [0.1, 0.15) is 6.42 Å². The van der Waals surface area contributed by atoms with Crippen molar-refractivity contribution in [2.24, 2.45) is 0 Å². The molecular formula is C18H18FN5O2. The number of carbonyl (C=O) groups is 2. The van der Waals surface area contributed by atoms with Crippen molar-refractivity contribution in [3.05, 3.63) is 48.5 Å². The van der Waals surface area contributed by atoms with Crippen LogP contribution in [-0.4, -0.2) is 58.9 Å². The van der Waals surface area contributed by atoms with E-state index < -0.39 is 11.9 Å². The molecule has 1 aromatic heterocycles. The van der Waals surface area contributed by atoms with Crippen LogP contribution in [0.5, 0.6) is 0 Å². The molecule has 4 rings (SSSR count). The van der Waals surface area contributed by atoms with Gasteiger partial charge in [-0.05, 0) is 30.3 Å². The van der Waals surface area contributed by atoms with Gasteiger partial charge in [0.05, 0.1) is 18.2 Å². The molecule has 0 radical (unpaired) electrons. The molecule has 0 saturated carbocycles. The summed E-state index contributed by atoms with van der Waals surface area (Å²) in [6.07, 6.45) is 3.56. The number of benzene rings is 1. The number of rotatable bonds is 3. The number of aromatic nitrogens is 2. The Balaban J connectivity index is 1.44. The average molecular weight is 355 g/mol. The van der Waals surface area contributed by atoms with Crippen LogP contribution in [0.25, 0.3) is 0 Å². The van der Waals surface area contributed by atoms with E-state index in [1.807, 2.05) is 4.90 Å². The molecule has 0 N–H and O–H groups in total. The number of piperazine rings is 1. The Morgan fingerprint density at radius 1 is 0.962 bits per heavy atom. The smallest absolute Gasteiger partial charge is 0.251 e. The van der Waals surface area contributed by atoms with Crippen LogP contribution in [0.3, 0.4) is 0 Å². The number of amides is 2. The lowest BCUT2D eigenvalue weighted by atomic mass is 10.2. The largest absolute Gasteiger partial charge is 0.338 e. The van der Waals surface area contributed by atoms with Crippen LogP contribution >= 0.6 is 0 Å². The van der Waals surface area contributed by atoms with E-state index >= 15 is 0 Å². The van der Waals surface area contributed by atoms with Gasteiger partial charge in [-0.2, -0.15) is 0 Å². The Labute approximate surface area is 150 Å². The molecule has 0 bridgehead atoms. The fourth-order valence-electron chi connectivity index (χ4n) is 3.45. The SMILES string of the molecule is O=C1C[C@@H](N2CCN(c3ncccn3)CC2)C(=O)N1c1ccc(F)cc1. The van der Waals surface area contributed by atoms with E-state index in [0.29, 0.717) is 37.8 Å². The zero-order chi connectivity index (χ0) is 18.1. The van der Waals surface area contributed by atoms with Crippen LogP contribution in [-0.2, 0) is 9.59 Å². The highest BCUT2D eigenvalue weighted by Gasteiger charge is 2.43. The first-order valence-corrected chi connectivity index (χ1v) is 8.52. The third kappa shape index (κ3) is 3.03. The van der Waals surface area contributed by atoms with Crippen LogP contribution in [0.15, 0.2) is 42.7 Å². The monoisotopic (exact) mass is 355 g/mol. The zero-order valence-corrected chi connectivity index (χ0v) is 14.1. The Bertz CT molecular complexity index is 806. The maximum atomic E-state index is 13.1. The van der Waals surface area contributed by atoms with Crippen LogP contribution in [0.2, 0.25) is 0 Å². The molecule has 2 aromatic rings. The summed E-state index contributed by atoms with van der Waals surface area (Å²) in [6, 6.07) is 6.72. The minimum Gasteiger partial charge on any atom is -0.338 e. The number of hydrogen-bond acceptors (Lipinski definition) is 6. The molecular weight excluding hydrogens is 337 g/mol. The van der Waals surface area contributed by atoms with Gasteiger partial charge in [0.2, 0.25) is 11.9 Å². The van der Waals surface area contributed by atoms with Gasteiger partial charge >= 0.3 is 0 Å². The van der Waals surface area contributed by atoms with Gasteiger partial charge in [-0.3, -0.25) is 14.5 Å². The summed E-state index contributed by atoms with van der Waals surface area (Å²) in [5.74, 6) is -0.219. The summed E-state index contributed by atoms with van der Waals surface area (Å²) in [5, 5.41) is 0. The molecule has 3 heterocycles. The minimum absolute atomic E-state index is 0.151. The third-order valence-corrected chi connectivity index (χ3v) is 4.80. The maximum absolute atomic E-state index is 13.1. The highest BCUT2D eigenvalue weighted by molar-refractivity contribution is 6.22. The Kier molecular flexibility index (Phi) is 4.34. The van der Waals surface area contributed by atoms with E-state index in [1.54, 1.807) is 18.5 Å². The quantitative estimate of drug-likeness (QED) is 0.767. The van der Waals surface area contributed by atoms with Gasteiger partial charge in [-0.25, -0.2) is 19.3 Å². The van der Waals surface area contributed by atoms with E-state index in [2.05, 4.69) is 14.9 Å². The predicted molar refractivity (Wildman–Crippen MR) is 93.1 cm³/mol. The van der Waals surface area contributed by atoms with E-state index in [9.17, 15) is 14.0 Å². The molecule has 0 unspecified atom stereocenters. The summed E-state index contributed by atoms with van der Waals surface area (Å²) in [7, 11) is 0. The molecule has 7 nitrogen and oxygen atoms in total. The van der Waals surface area contributed by atoms with E-state index in [1.165, 1.54) is 24.3 Å². The van der Waals surface area contributed by atoms with Crippen molar-refractivity contribution in [2.45, 2.75) is 12.5 Å². The highest BCUT2D eigenvalue weighted by atomic mass is 19.1. The van der Waals surface area contributed by atoms with Gasteiger partial charge in [0.1, 0.15) is 5.82 Å². The average Bonchev–Trinajstić information content (AvgIpc) is 2.98. The molecule has 2 aliphatic rings. The highest BCUT2D eigenvalue weighted by Crippen LogP contribution is 2.26. The van der Waals surface area contributed by atoms with Gasteiger partial charge in [0.25, 0.3) is 5.91 Å². The number of halogens is 1. The van der Waals surface area contributed by atoms with Gasteiger partial charge in [0, 0.05) is 38.6 Å². The molecule has 0 aliphatic carbocycles. The number of hydrogen-bond donors (Lipinski definition) is 0. The summed E-state index contributed by atoms with van der Waals surface area (Å²) in [6.45, 7) is 2.69. The second-order valence-electron chi connectivity index (χ2n) is 6.34. The van der Waals surface area contributed by atoms with Crippen LogP contribution in [0.4, 0.5) is 16.0 Å². The van der Waals surface area contributed by atoms with Crippen molar-refractivity contribution in [1.29, 1.82) is 0 Å². The lowest BCUT2D eigenvalue weighted by Crippen LogP contribution is -2.53. The molecule has 2 amide bonds. The summed E-state index contributed by atoms with van der Waals surface area (Å²) < 4.78 is 13.1. The third-order valence-electron chi connectivity index (χ3n) is 4.80. The van der Waals surface area contributed by atoms with Crippen molar-refractivity contribution in [3.63, 3.8) is 0 Å². The lowest BCUT2D eigenvalue weighted by Gasteiger charge is -2.36. The summed E-state index contributed by atoms with van der Waals surface area (Å²) in [4.78, 5) is 38.9. The van der Waals surface area contributed by atoms with Crippen molar-refractivity contribution < 1.29 is 14.0 Å². The molecule has 2 fully saturated rings. The van der Waals surface area contributed by atoms with Crippen molar-refractivity contribution in [1.82, 2.24) is 14.9 Å². The normalized spacial score (nSPS) is 21.5. The molecule has 1 aromatic carbocycles. The first kappa shape index (κ1) is 16.6. The predicted octanol–water partition coefficient (Wildman–Crippen LogP) is 1.07. The summed E-state index contributed by atoms with van der Waals surface area (Å²) >= 11 is 0. The molecule has 0 spiro atoms. The van der Waals surface area contributed by atoms with Gasteiger partial charge < -0.3 is 4.90 Å². The topological polar surface area (TPSA) is 69.6 Å².